The third-order valence-corrected chi connectivity index (χ3v) is 5.53. The number of para-hydroxylation sites is 1. The van der Waals surface area contributed by atoms with E-state index in [9.17, 15) is 9.18 Å². The van der Waals surface area contributed by atoms with Crippen LogP contribution >= 0.6 is 34.7 Å². The number of nitrogens with zero attached hydrogens (tertiary/aromatic N) is 2. The van der Waals surface area contributed by atoms with Crippen LogP contribution in [0.5, 0.6) is 0 Å². The second kappa shape index (κ2) is 8.48. The fourth-order valence-electron chi connectivity index (χ4n) is 2.05. The number of aryl methyl sites for hydroxylation is 1. The molecule has 1 amide bonds. The zero-order chi connectivity index (χ0) is 18.5. The molecule has 3 aromatic rings. The van der Waals surface area contributed by atoms with Crippen molar-refractivity contribution in [1.29, 1.82) is 0 Å². The number of carbonyl (C=O) groups excluding carboxylic acids is 1. The van der Waals surface area contributed by atoms with Gasteiger partial charge in [-0.25, -0.2) is 4.39 Å². The Kier molecular flexibility index (Phi) is 6.08. The Morgan fingerprint density at radius 1 is 1.23 bits per heavy atom. The van der Waals surface area contributed by atoms with Gasteiger partial charge in [-0.1, -0.05) is 52.9 Å². The molecule has 0 fully saturated rings. The van der Waals surface area contributed by atoms with E-state index < -0.39 is 5.82 Å². The van der Waals surface area contributed by atoms with Gasteiger partial charge in [0.25, 0.3) is 0 Å². The van der Waals surface area contributed by atoms with Crippen LogP contribution in [0, 0.1) is 12.7 Å². The maximum Gasteiger partial charge on any atom is 0.234 e. The van der Waals surface area contributed by atoms with Crippen molar-refractivity contribution < 1.29 is 9.18 Å². The smallest absolute Gasteiger partial charge is 0.234 e. The summed E-state index contributed by atoms with van der Waals surface area (Å²) in [5, 5.41) is 14.7. The van der Waals surface area contributed by atoms with E-state index in [0.29, 0.717) is 9.47 Å². The topological polar surface area (TPSA) is 66.9 Å². The molecule has 134 valence electrons. The summed E-state index contributed by atoms with van der Waals surface area (Å²) in [6, 6.07) is 11.9. The van der Waals surface area contributed by atoms with E-state index in [1.807, 2.05) is 31.2 Å². The van der Waals surface area contributed by atoms with Crippen LogP contribution in [0.1, 0.15) is 5.56 Å². The predicted molar refractivity (Wildman–Crippen MR) is 105 cm³/mol. The van der Waals surface area contributed by atoms with Crippen LogP contribution in [-0.4, -0.2) is 21.9 Å². The van der Waals surface area contributed by atoms with Crippen LogP contribution in [0.4, 0.5) is 20.9 Å². The lowest BCUT2D eigenvalue weighted by atomic mass is 10.2. The molecule has 0 unspecified atom stereocenters. The van der Waals surface area contributed by atoms with Crippen molar-refractivity contribution >= 4 is 57.1 Å². The fraction of sp³-hybridized carbons (Fsp3) is 0.118. The van der Waals surface area contributed by atoms with E-state index in [0.717, 1.165) is 17.3 Å². The average Bonchev–Trinajstić information content (AvgIpc) is 3.05. The number of thioether (sulfide) groups is 1. The van der Waals surface area contributed by atoms with Gasteiger partial charge in [0.2, 0.25) is 11.0 Å². The summed E-state index contributed by atoms with van der Waals surface area (Å²) in [7, 11) is 0. The lowest BCUT2D eigenvalue weighted by Gasteiger charge is -2.05. The number of amides is 1. The monoisotopic (exact) mass is 408 g/mol. The Labute approximate surface area is 163 Å². The lowest BCUT2D eigenvalue weighted by molar-refractivity contribution is -0.113. The Morgan fingerprint density at radius 2 is 2.04 bits per heavy atom. The Hall–Kier alpha value is -2.16. The molecule has 0 aliphatic rings. The first-order valence-electron chi connectivity index (χ1n) is 7.55. The molecule has 0 atom stereocenters. The molecule has 0 saturated heterocycles. The number of hydrogen-bond acceptors (Lipinski definition) is 6. The molecule has 0 spiro atoms. The average molecular weight is 409 g/mol. The maximum atomic E-state index is 13.7. The van der Waals surface area contributed by atoms with Crippen molar-refractivity contribution in [3.8, 4) is 0 Å². The summed E-state index contributed by atoms with van der Waals surface area (Å²) >= 11 is 8.27. The zero-order valence-corrected chi connectivity index (χ0v) is 16.0. The molecule has 2 N–H and O–H groups in total. The second-order valence-corrected chi connectivity index (χ2v) is 7.91. The van der Waals surface area contributed by atoms with Gasteiger partial charge in [0, 0.05) is 10.7 Å². The molecule has 9 heteroatoms. The molecule has 0 radical (unpaired) electrons. The highest BCUT2D eigenvalue weighted by Crippen LogP contribution is 2.29. The number of anilines is 3. The standard InChI is InChI=1S/C17H14ClFN4OS2/c1-10-4-2-3-5-13(10)21-16-22-23-17(26-16)25-9-15(24)20-14-7-6-11(18)8-12(14)19/h2-8H,9H2,1H3,(H,20,24)(H,21,22). The fourth-order valence-corrected chi connectivity index (χ4v) is 3.77. The summed E-state index contributed by atoms with van der Waals surface area (Å²) in [5.74, 6) is -0.808. The van der Waals surface area contributed by atoms with Gasteiger partial charge in [0.15, 0.2) is 4.34 Å². The molecule has 1 heterocycles. The summed E-state index contributed by atoms with van der Waals surface area (Å²) < 4.78 is 14.3. The van der Waals surface area contributed by atoms with Crippen molar-refractivity contribution in [3.63, 3.8) is 0 Å². The van der Waals surface area contributed by atoms with E-state index in [4.69, 9.17) is 11.6 Å². The Morgan fingerprint density at radius 3 is 2.81 bits per heavy atom. The molecule has 3 rings (SSSR count). The molecule has 1 aromatic heterocycles. The summed E-state index contributed by atoms with van der Waals surface area (Å²) in [5.41, 5.74) is 2.15. The van der Waals surface area contributed by atoms with Gasteiger partial charge in [0.05, 0.1) is 11.4 Å². The van der Waals surface area contributed by atoms with Gasteiger partial charge in [-0.3, -0.25) is 4.79 Å². The Bertz CT molecular complexity index is 935. The summed E-state index contributed by atoms with van der Waals surface area (Å²) in [6.45, 7) is 2.00. The number of nitrogens with one attached hydrogen (secondary N) is 2. The van der Waals surface area contributed by atoms with Crippen LogP contribution in [-0.2, 0) is 4.79 Å². The highest BCUT2D eigenvalue weighted by Gasteiger charge is 2.11. The highest BCUT2D eigenvalue weighted by molar-refractivity contribution is 8.01. The van der Waals surface area contributed by atoms with E-state index in [1.165, 1.54) is 35.2 Å². The minimum Gasteiger partial charge on any atom is -0.330 e. The SMILES string of the molecule is Cc1ccccc1Nc1nnc(SCC(=O)Nc2ccc(Cl)cc2F)s1. The molecular formula is C17H14ClFN4OS2. The minimum atomic E-state index is -0.573. The first-order chi connectivity index (χ1) is 12.5. The zero-order valence-electron chi connectivity index (χ0n) is 13.6. The molecule has 0 aliphatic carbocycles. The normalized spacial score (nSPS) is 10.6. The van der Waals surface area contributed by atoms with Gasteiger partial charge in [0.1, 0.15) is 5.82 Å². The van der Waals surface area contributed by atoms with Crippen LogP contribution in [0.15, 0.2) is 46.8 Å². The van der Waals surface area contributed by atoms with E-state index in [2.05, 4.69) is 20.8 Å². The summed E-state index contributed by atoms with van der Waals surface area (Å²) in [6.07, 6.45) is 0. The number of benzene rings is 2. The van der Waals surface area contributed by atoms with Crippen molar-refractivity contribution in [1.82, 2.24) is 10.2 Å². The number of hydrogen-bond donors (Lipinski definition) is 2. The van der Waals surface area contributed by atoms with Crippen LogP contribution in [0.3, 0.4) is 0 Å². The minimum absolute atomic E-state index is 0.0965. The first-order valence-corrected chi connectivity index (χ1v) is 9.73. The maximum absolute atomic E-state index is 13.7. The number of halogens is 2. The largest absolute Gasteiger partial charge is 0.330 e. The van der Waals surface area contributed by atoms with E-state index in [1.54, 1.807) is 0 Å². The van der Waals surface area contributed by atoms with Crippen molar-refractivity contribution in [2.75, 3.05) is 16.4 Å². The second-order valence-electron chi connectivity index (χ2n) is 5.27. The Balaban J connectivity index is 1.54. The number of aromatic nitrogens is 2. The van der Waals surface area contributed by atoms with Gasteiger partial charge >= 0.3 is 0 Å². The van der Waals surface area contributed by atoms with Crippen molar-refractivity contribution in [3.05, 3.63) is 58.9 Å². The van der Waals surface area contributed by atoms with Crippen molar-refractivity contribution in [2.24, 2.45) is 0 Å². The van der Waals surface area contributed by atoms with Gasteiger partial charge < -0.3 is 10.6 Å². The van der Waals surface area contributed by atoms with Gasteiger partial charge in [-0.2, -0.15) is 0 Å². The molecule has 2 aromatic carbocycles. The molecule has 0 bridgehead atoms. The predicted octanol–water partition coefficient (Wildman–Crippen LogP) is 5.11. The molecule has 0 saturated carbocycles. The lowest BCUT2D eigenvalue weighted by Crippen LogP contribution is -2.14. The van der Waals surface area contributed by atoms with Gasteiger partial charge in [-0.05, 0) is 36.8 Å². The summed E-state index contributed by atoms with van der Waals surface area (Å²) in [4.78, 5) is 12.0. The number of rotatable bonds is 6. The third-order valence-electron chi connectivity index (χ3n) is 3.33. The van der Waals surface area contributed by atoms with E-state index in [-0.39, 0.29) is 22.4 Å². The van der Waals surface area contributed by atoms with Crippen molar-refractivity contribution in [2.45, 2.75) is 11.3 Å². The molecule has 0 aliphatic heterocycles. The number of carbonyl (C=O) groups is 1. The first kappa shape index (κ1) is 18.6. The van der Waals surface area contributed by atoms with Gasteiger partial charge in [-0.15, -0.1) is 10.2 Å². The molecule has 26 heavy (non-hydrogen) atoms. The quantitative estimate of drug-likeness (QED) is 0.554. The molecule has 5 nitrogen and oxygen atoms in total. The van der Waals surface area contributed by atoms with Crippen LogP contribution < -0.4 is 10.6 Å². The molecular weight excluding hydrogens is 395 g/mol. The van der Waals surface area contributed by atoms with Crippen LogP contribution in [0.2, 0.25) is 5.02 Å². The van der Waals surface area contributed by atoms with Crippen LogP contribution in [0.25, 0.3) is 0 Å². The highest BCUT2D eigenvalue weighted by atomic mass is 35.5. The van der Waals surface area contributed by atoms with E-state index >= 15 is 0 Å². The third kappa shape index (κ3) is 4.94.